The van der Waals surface area contributed by atoms with E-state index in [0.717, 1.165) is 11.0 Å². The minimum Gasteiger partial charge on any atom is -0.342 e. The van der Waals surface area contributed by atoms with Crippen molar-refractivity contribution in [2.75, 3.05) is 0 Å². The summed E-state index contributed by atoms with van der Waals surface area (Å²) in [6.07, 6.45) is 0. The van der Waals surface area contributed by atoms with Gasteiger partial charge in [0.05, 0.1) is 28.7 Å². The predicted octanol–water partition coefficient (Wildman–Crippen LogP) is 2.93. The maximum Gasteiger partial charge on any atom is 0.251 e. The van der Waals surface area contributed by atoms with E-state index in [2.05, 4.69) is 15.3 Å². The summed E-state index contributed by atoms with van der Waals surface area (Å²) in [7, 11) is 0. The number of hydrogen-bond acceptors (Lipinski definition) is 3. The van der Waals surface area contributed by atoms with Crippen LogP contribution >= 0.6 is 0 Å². The fourth-order valence-corrected chi connectivity index (χ4v) is 2.22. The Balaban J connectivity index is 1.76. The Labute approximate surface area is 127 Å². The number of para-hydroxylation sites is 2. The van der Waals surface area contributed by atoms with Crippen molar-refractivity contribution in [1.82, 2.24) is 15.3 Å². The number of fused-ring (bicyclic) bond motifs is 1. The van der Waals surface area contributed by atoms with E-state index in [0.29, 0.717) is 17.0 Å². The van der Waals surface area contributed by atoms with Gasteiger partial charge in [-0.15, -0.1) is 0 Å². The van der Waals surface area contributed by atoms with Crippen LogP contribution in [-0.2, 0) is 0 Å². The number of carbonyl (C=O) groups is 1. The number of nitrogens with zero attached hydrogens (tertiary/aromatic N) is 2. The van der Waals surface area contributed by atoms with Gasteiger partial charge in [-0.25, -0.2) is 4.98 Å². The van der Waals surface area contributed by atoms with Gasteiger partial charge in [0.2, 0.25) is 0 Å². The molecule has 5 nitrogen and oxygen atoms in total. The molecule has 1 amide bonds. The Hall–Kier alpha value is -3.13. The van der Waals surface area contributed by atoms with Crippen LogP contribution in [0.3, 0.4) is 0 Å². The highest BCUT2D eigenvalue weighted by atomic mass is 16.1. The lowest BCUT2D eigenvalue weighted by Crippen LogP contribution is -2.27. The van der Waals surface area contributed by atoms with Crippen molar-refractivity contribution in [3.8, 4) is 6.07 Å². The normalized spacial score (nSPS) is 11.8. The molecule has 1 atom stereocenters. The topological polar surface area (TPSA) is 81.6 Å². The van der Waals surface area contributed by atoms with Crippen LogP contribution < -0.4 is 5.32 Å². The first-order valence-corrected chi connectivity index (χ1v) is 6.93. The summed E-state index contributed by atoms with van der Waals surface area (Å²) in [4.78, 5) is 19.9. The molecule has 0 radical (unpaired) electrons. The van der Waals surface area contributed by atoms with Gasteiger partial charge >= 0.3 is 0 Å². The number of aromatic nitrogens is 2. The lowest BCUT2D eigenvalue weighted by atomic mass is 10.1. The molecule has 0 aliphatic heterocycles. The number of rotatable bonds is 3. The fraction of sp³-hybridized carbons (Fsp3) is 0.118. The van der Waals surface area contributed by atoms with Crippen LogP contribution in [0.4, 0.5) is 0 Å². The van der Waals surface area contributed by atoms with Crippen molar-refractivity contribution in [3.05, 3.63) is 65.5 Å². The molecule has 5 heteroatoms. The summed E-state index contributed by atoms with van der Waals surface area (Å²) in [5, 5.41) is 11.7. The molecule has 0 bridgehead atoms. The quantitative estimate of drug-likeness (QED) is 0.778. The zero-order valence-electron chi connectivity index (χ0n) is 12.0. The van der Waals surface area contributed by atoms with E-state index in [1.165, 1.54) is 0 Å². The Morgan fingerprint density at radius 2 is 1.95 bits per heavy atom. The standard InChI is InChI=1S/C17H14N4O/c1-11(16-20-14-4-2-3-5-15(14)21-16)19-17(22)13-8-6-12(10-18)7-9-13/h2-9,11H,1H3,(H,19,22)(H,20,21)/t11-/m1/s1. The molecule has 108 valence electrons. The third-order valence-corrected chi connectivity index (χ3v) is 3.44. The highest BCUT2D eigenvalue weighted by molar-refractivity contribution is 5.94. The summed E-state index contributed by atoms with van der Waals surface area (Å²) in [6, 6.07) is 16.0. The van der Waals surface area contributed by atoms with Gasteiger partial charge in [0.1, 0.15) is 5.82 Å². The molecule has 3 aromatic rings. The smallest absolute Gasteiger partial charge is 0.251 e. The van der Waals surface area contributed by atoms with Crippen LogP contribution in [0.5, 0.6) is 0 Å². The molecule has 1 heterocycles. The van der Waals surface area contributed by atoms with E-state index in [-0.39, 0.29) is 11.9 Å². The Kier molecular flexibility index (Phi) is 3.58. The van der Waals surface area contributed by atoms with Crippen molar-refractivity contribution < 1.29 is 4.79 Å². The minimum absolute atomic E-state index is 0.197. The van der Waals surface area contributed by atoms with Crippen LogP contribution in [0.1, 0.15) is 34.7 Å². The van der Waals surface area contributed by atoms with Crippen molar-refractivity contribution in [1.29, 1.82) is 5.26 Å². The highest BCUT2D eigenvalue weighted by Gasteiger charge is 2.14. The number of aromatic amines is 1. The Bertz CT molecular complexity index is 825. The van der Waals surface area contributed by atoms with Gasteiger partial charge in [-0.3, -0.25) is 4.79 Å². The van der Waals surface area contributed by atoms with Crippen molar-refractivity contribution in [2.24, 2.45) is 0 Å². The summed E-state index contributed by atoms with van der Waals surface area (Å²) in [5.74, 6) is 0.514. The maximum atomic E-state index is 12.2. The van der Waals surface area contributed by atoms with Crippen LogP contribution in [0.15, 0.2) is 48.5 Å². The zero-order chi connectivity index (χ0) is 15.5. The second kappa shape index (κ2) is 5.70. The highest BCUT2D eigenvalue weighted by Crippen LogP contribution is 2.16. The van der Waals surface area contributed by atoms with E-state index in [1.54, 1.807) is 24.3 Å². The van der Waals surface area contributed by atoms with Gasteiger partial charge in [0.25, 0.3) is 5.91 Å². The van der Waals surface area contributed by atoms with Gasteiger partial charge in [-0.05, 0) is 43.3 Å². The number of nitrogens with one attached hydrogen (secondary N) is 2. The van der Waals surface area contributed by atoms with E-state index in [4.69, 9.17) is 5.26 Å². The second-order valence-corrected chi connectivity index (χ2v) is 5.02. The number of nitriles is 1. The molecule has 0 unspecified atom stereocenters. The summed E-state index contributed by atoms with van der Waals surface area (Å²) >= 11 is 0. The van der Waals surface area contributed by atoms with Crippen LogP contribution in [0, 0.1) is 11.3 Å². The number of benzene rings is 2. The summed E-state index contributed by atoms with van der Waals surface area (Å²) < 4.78 is 0. The molecule has 2 N–H and O–H groups in total. The first-order valence-electron chi connectivity index (χ1n) is 6.93. The average molecular weight is 290 g/mol. The zero-order valence-corrected chi connectivity index (χ0v) is 12.0. The van der Waals surface area contributed by atoms with Crippen LogP contribution in [0.25, 0.3) is 11.0 Å². The average Bonchev–Trinajstić information content (AvgIpc) is 2.99. The SMILES string of the molecule is C[C@@H](NC(=O)c1ccc(C#N)cc1)c1nc2ccccc2[nH]1. The van der Waals surface area contributed by atoms with Gasteiger partial charge in [0.15, 0.2) is 0 Å². The van der Waals surface area contributed by atoms with Gasteiger partial charge < -0.3 is 10.3 Å². The third kappa shape index (κ3) is 2.67. The molecule has 0 aliphatic rings. The van der Waals surface area contributed by atoms with Crippen molar-refractivity contribution in [2.45, 2.75) is 13.0 Å². The largest absolute Gasteiger partial charge is 0.342 e. The van der Waals surface area contributed by atoms with Crippen molar-refractivity contribution in [3.63, 3.8) is 0 Å². The first kappa shape index (κ1) is 13.8. The van der Waals surface area contributed by atoms with E-state index in [1.807, 2.05) is 37.3 Å². The maximum absolute atomic E-state index is 12.2. The molecule has 0 spiro atoms. The molecule has 0 saturated heterocycles. The molecule has 3 rings (SSSR count). The molecule has 22 heavy (non-hydrogen) atoms. The van der Waals surface area contributed by atoms with Crippen molar-refractivity contribution >= 4 is 16.9 Å². The lowest BCUT2D eigenvalue weighted by molar-refractivity contribution is 0.0938. The number of carbonyl (C=O) groups excluding carboxylic acids is 1. The first-order chi connectivity index (χ1) is 10.7. The van der Waals surface area contributed by atoms with Crippen LogP contribution in [-0.4, -0.2) is 15.9 Å². The Morgan fingerprint density at radius 3 is 2.64 bits per heavy atom. The molecule has 2 aromatic carbocycles. The summed E-state index contributed by atoms with van der Waals surface area (Å²) in [5.41, 5.74) is 2.86. The number of amides is 1. The second-order valence-electron chi connectivity index (χ2n) is 5.02. The monoisotopic (exact) mass is 290 g/mol. The number of imidazole rings is 1. The predicted molar refractivity (Wildman–Crippen MR) is 83.1 cm³/mol. The van der Waals surface area contributed by atoms with Gasteiger partial charge in [-0.2, -0.15) is 5.26 Å². The molecule has 1 aromatic heterocycles. The molecule has 0 saturated carbocycles. The van der Waals surface area contributed by atoms with E-state index < -0.39 is 0 Å². The van der Waals surface area contributed by atoms with E-state index in [9.17, 15) is 4.79 Å². The number of H-pyrrole nitrogens is 1. The summed E-state index contributed by atoms with van der Waals surface area (Å²) in [6.45, 7) is 1.87. The number of hydrogen-bond donors (Lipinski definition) is 2. The molecular weight excluding hydrogens is 276 g/mol. The van der Waals surface area contributed by atoms with E-state index >= 15 is 0 Å². The van der Waals surface area contributed by atoms with Gasteiger partial charge in [0, 0.05) is 5.56 Å². The van der Waals surface area contributed by atoms with Crippen LogP contribution in [0.2, 0.25) is 0 Å². The third-order valence-electron chi connectivity index (χ3n) is 3.44. The Morgan fingerprint density at radius 1 is 1.23 bits per heavy atom. The molecule has 0 aliphatic carbocycles. The molecular formula is C17H14N4O. The van der Waals surface area contributed by atoms with Gasteiger partial charge in [-0.1, -0.05) is 12.1 Å². The molecule has 0 fully saturated rings. The lowest BCUT2D eigenvalue weighted by Gasteiger charge is -2.11. The fourth-order valence-electron chi connectivity index (χ4n) is 2.22. The minimum atomic E-state index is -0.240.